The third-order valence-electron chi connectivity index (χ3n) is 6.09. The molecule has 2 bridgehead atoms. The number of carbonyl (C=O) groups excluding carboxylic acids is 1. The van der Waals surface area contributed by atoms with Gasteiger partial charge in [0.05, 0.1) is 6.61 Å². The molecule has 5 rings (SSSR count). The zero-order valence-corrected chi connectivity index (χ0v) is 18.4. The summed E-state index contributed by atoms with van der Waals surface area (Å²) in [5, 5.41) is 12.4. The molecule has 2 aromatic carbocycles. The fourth-order valence-electron chi connectivity index (χ4n) is 4.50. The maximum Gasteiger partial charge on any atom is 0.277 e. The van der Waals surface area contributed by atoms with Crippen LogP contribution in [0.25, 0.3) is 0 Å². The van der Waals surface area contributed by atoms with Gasteiger partial charge in [0.25, 0.3) is 5.91 Å². The molecule has 3 heterocycles. The van der Waals surface area contributed by atoms with E-state index in [2.05, 4.69) is 0 Å². The van der Waals surface area contributed by atoms with Crippen molar-refractivity contribution in [3.63, 3.8) is 0 Å². The largest absolute Gasteiger partial charge is 0.502 e. The van der Waals surface area contributed by atoms with Gasteiger partial charge in [-0.05, 0) is 36.6 Å². The van der Waals surface area contributed by atoms with Gasteiger partial charge in [0, 0.05) is 24.4 Å². The van der Waals surface area contributed by atoms with Crippen LogP contribution in [0.2, 0.25) is 0 Å². The van der Waals surface area contributed by atoms with E-state index in [-0.39, 0.29) is 12.4 Å². The van der Waals surface area contributed by atoms with Crippen LogP contribution >= 0.6 is 0 Å². The van der Waals surface area contributed by atoms with E-state index in [0.29, 0.717) is 37.3 Å². The van der Waals surface area contributed by atoms with Gasteiger partial charge in [0.2, 0.25) is 5.43 Å². The van der Waals surface area contributed by atoms with Gasteiger partial charge < -0.3 is 14.7 Å². The van der Waals surface area contributed by atoms with E-state index in [1.54, 1.807) is 11.0 Å². The first kappa shape index (κ1) is 21.8. The number of benzene rings is 2. The smallest absolute Gasteiger partial charge is 0.277 e. The average molecular weight is 461 g/mol. The van der Waals surface area contributed by atoms with Crippen molar-refractivity contribution in [1.29, 1.82) is 0 Å². The highest BCUT2D eigenvalue weighted by Gasteiger charge is 2.37. The molecule has 0 unspecified atom stereocenters. The van der Waals surface area contributed by atoms with Crippen molar-refractivity contribution in [1.82, 2.24) is 9.58 Å². The molecular formula is C26H24FN3O4. The van der Waals surface area contributed by atoms with E-state index in [4.69, 9.17) is 4.74 Å². The minimum Gasteiger partial charge on any atom is -0.502 e. The molecular weight excluding hydrogens is 437 g/mol. The number of hydrogen-bond acceptors (Lipinski definition) is 5. The molecule has 0 saturated carbocycles. The van der Waals surface area contributed by atoms with Crippen LogP contribution in [-0.2, 0) is 0 Å². The summed E-state index contributed by atoms with van der Waals surface area (Å²) in [6.07, 6.45) is 6.77. The van der Waals surface area contributed by atoms with Gasteiger partial charge >= 0.3 is 0 Å². The van der Waals surface area contributed by atoms with Crippen LogP contribution in [0.1, 0.15) is 40.5 Å². The van der Waals surface area contributed by atoms with E-state index in [1.807, 2.05) is 47.5 Å². The van der Waals surface area contributed by atoms with Gasteiger partial charge in [-0.1, -0.05) is 42.5 Å². The van der Waals surface area contributed by atoms with Crippen molar-refractivity contribution in [2.24, 2.45) is 0 Å². The third kappa shape index (κ3) is 3.91. The number of hydrogen-bond donors (Lipinski definition) is 1. The zero-order chi connectivity index (χ0) is 23.7. The number of carbonyl (C=O) groups is 1. The molecule has 1 aromatic heterocycles. The number of ether oxygens (including phenoxy) is 1. The highest BCUT2D eigenvalue weighted by Crippen LogP contribution is 2.37. The Morgan fingerprint density at radius 3 is 2.68 bits per heavy atom. The summed E-state index contributed by atoms with van der Waals surface area (Å²) in [4.78, 5) is 27.1. The Morgan fingerprint density at radius 1 is 1.00 bits per heavy atom. The van der Waals surface area contributed by atoms with Crippen LogP contribution in [0, 0.1) is 5.82 Å². The summed E-state index contributed by atoms with van der Waals surface area (Å²) in [6, 6.07) is 14.4. The van der Waals surface area contributed by atoms with Crippen molar-refractivity contribution in [3.05, 3.63) is 106 Å². The molecule has 8 heteroatoms. The summed E-state index contributed by atoms with van der Waals surface area (Å²) in [5.41, 5.74) is 0.667. The fourth-order valence-corrected chi connectivity index (χ4v) is 4.50. The molecule has 174 valence electrons. The molecule has 0 saturated heterocycles. The van der Waals surface area contributed by atoms with Crippen LogP contribution < -0.4 is 15.2 Å². The highest BCUT2D eigenvalue weighted by atomic mass is 19.1. The Hall–Kier alpha value is -4.07. The minimum absolute atomic E-state index is 0.114. The Bertz CT molecular complexity index is 1320. The zero-order valence-electron chi connectivity index (χ0n) is 18.4. The number of nitrogens with zero attached hydrogens (tertiary/aromatic N) is 3. The number of amides is 1. The number of aromatic hydroxyl groups is 1. The number of halogens is 1. The first-order valence-corrected chi connectivity index (χ1v) is 11.2. The molecule has 0 spiro atoms. The van der Waals surface area contributed by atoms with E-state index < -0.39 is 28.9 Å². The summed E-state index contributed by atoms with van der Waals surface area (Å²) in [5.74, 6) is -0.794. The third-order valence-corrected chi connectivity index (χ3v) is 6.09. The van der Waals surface area contributed by atoms with Crippen LogP contribution in [0.3, 0.4) is 0 Å². The lowest BCUT2D eigenvalue weighted by molar-refractivity contribution is 0.0683. The summed E-state index contributed by atoms with van der Waals surface area (Å²) >= 11 is 0. The summed E-state index contributed by atoms with van der Waals surface area (Å²) < 4.78 is 22.0. The average Bonchev–Trinajstić information content (AvgIpc) is 2.84. The number of pyridine rings is 1. The van der Waals surface area contributed by atoms with Crippen molar-refractivity contribution in [2.75, 3.05) is 24.8 Å². The number of rotatable bonds is 1. The van der Waals surface area contributed by atoms with Crippen molar-refractivity contribution >= 4 is 5.91 Å². The molecule has 2 aliphatic heterocycles. The normalized spacial score (nSPS) is 19.1. The quantitative estimate of drug-likeness (QED) is 0.561. The molecule has 7 nitrogen and oxygen atoms in total. The van der Waals surface area contributed by atoms with Crippen molar-refractivity contribution < 1.29 is 19.0 Å². The van der Waals surface area contributed by atoms with Gasteiger partial charge in [0.15, 0.2) is 11.4 Å². The van der Waals surface area contributed by atoms with Crippen LogP contribution in [-0.4, -0.2) is 40.4 Å². The summed E-state index contributed by atoms with van der Waals surface area (Å²) in [7, 11) is 0. The minimum atomic E-state index is -0.634. The number of para-hydroxylation sites is 1. The molecule has 2 aliphatic rings. The SMILES string of the molecule is O=C1c2c(O)c(=O)ccn2N2CN1CC/C=C/CCOc1ccccc1[C@H]2c1cccc(F)c1. The highest BCUT2D eigenvalue weighted by molar-refractivity contribution is 5.96. The van der Waals surface area contributed by atoms with E-state index in [9.17, 15) is 19.1 Å². The standard InChI is InChI=1S/C26H24FN3O4/c27-19-9-7-8-18(16-19)23-20-10-3-4-11-22(20)34-15-6-2-1-5-13-28-17-30(23)29-14-12-21(31)25(32)24(29)26(28)33/h1-4,7-12,14,16,23,32H,5-6,13,15,17H2/b2-1+/t23-/m1/s1. The molecule has 34 heavy (non-hydrogen) atoms. The Morgan fingerprint density at radius 2 is 1.82 bits per heavy atom. The van der Waals surface area contributed by atoms with Gasteiger partial charge in [0.1, 0.15) is 24.3 Å². The lowest BCUT2D eigenvalue weighted by Gasteiger charge is -2.44. The summed E-state index contributed by atoms with van der Waals surface area (Å²) in [6.45, 7) is 1.03. The second-order valence-corrected chi connectivity index (χ2v) is 8.26. The van der Waals surface area contributed by atoms with Crippen LogP contribution in [0.15, 0.2) is 77.7 Å². The Kier molecular flexibility index (Phi) is 5.79. The van der Waals surface area contributed by atoms with Gasteiger partial charge in [-0.2, -0.15) is 0 Å². The Labute approximate surface area is 195 Å². The second kappa shape index (κ2) is 9.05. The predicted octanol–water partition coefficient (Wildman–Crippen LogP) is 3.56. The molecule has 0 aliphatic carbocycles. The van der Waals surface area contributed by atoms with Crippen molar-refractivity contribution in [3.8, 4) is 11.5 Å². The lowest BCUT2D eigenvalue weighted by Crippen LogP contribution is -2.55. The Balaban J connectivity index is 1.77. The number of fused-ring (bicyclic) bond motifs is 5. The topological polar surface area (TPSA) is 75.0 Å². The van der Waals surface area contributed by atoms with E-state index >= 15 is 0 Å². The van der Waals surface area contributed by atoms with Gasteiger partial charge in [-0.25, -0.2) is 4.39 Å². The molecule has 3 aromatic rings. The number of aromatic nitrogens is 1. The molecule has 0 fully saturated rings. The fraction of sp³-hybridized carbons (Fsp3) is 0.231. The molecule has 1 atom stereocenters. The second-order valence-electron chi connectivity index (χ2n) is 8.26. The first-order valence-electron chi connectivity index (χ1n) is 11.2. The maximum absolute atomic E-state index is 14.4. The first-order chi connectivity index (χ1) is 16.5. The van der Waals surface area contributed by atoms with E-state index in [1.165, 1.54) is 29.1 Å². The van der Waals surface area contributed by atoms with Gasteiger partial charge in [-0.3, -0.25) is 19.3 Å². The monoisotopic (exact) mass is 461 g/mol. The predicted molar refractivity (Wildman–Crippen MR) is 125 cm³/mol. The molecule has 1 N–H and O–H groups in total. The van der Waals surface area contributed by atoms with Crippen LogP contribution in [0.4, 0.5) is 4.39 Å². The molecule has 0 radical (unpaired) electrons. The maximum atomic E-state index is 14.4. The van der Waals surface area contributed by atoms with Gasteiger partial charge in [-0.15, -0.1) is 0 Å². The van der Waals surface area contributed by atoms with Crippen molar-refractivity contribution in [2.45, 2.75) is 18.9 Å². The lowest BCUT2D eigenvalue weighted by atomic mass is 9.96. The van der Waals surface area contributed by atoms with Crippen LogP contribution in [0.5, 0.6) is 11.5 Å². The van der Waals surface area contributed by atoms with E-state index in [0.717, 1.165) is 5.56 Å². The molecule has 1 amide bonds.